The molecule has 0 heterocycles. The topological polar surface area (TPSA) is 29.3 Å². The SMILES string of the molecule is CN(C)C1(c2ccc(N)cc2)CCCC1. The van der Waals surface area contributed by atoms with Crippen LogP contribution in [0.4, 0.5) is 5.69 Å². The maximum atomic E-state index is 5.73. The first kappa shape index (κ1) is 10.5. The van der Waals surface area contributed by atoms with E-state index in [1.807, 2.05) is 12.1 Å². The Morgan fingerprint density at radius 3 is 2.07 bits per heavy atom. The van der Waals surface area contributed by atoms with Gasteiger partial charge < -0.3 is 5.73 Å². The molecule has 82 valence electrons. The Labute approximate surface area is 92.1 Å². The van der Waals surface area contributed by atoms with E-state index in [1.54, 1.807) is 0 Å². The zero-order valence-electron chi connectivity index (χ0n) is 9.66. The predicted octanol–water partition coefficient (Wildman–Crippen LogP) is 2.60. The van der Waals surface area contributed by atoms with Crippen molar-refractivity contribution in [1.82, 2.24) is 4.90 Å². The molecule has 1 saturated carbocycles. The fourth-order valence-electron chi connectivity index (χ4n) is 2.75. The molecule has 2 N–H and O–H groups in total. The molecule has 0 unspecified atom stereocenters. The summed E-state index contributed by atoms with van der Waals surface area (Å²) in [7, 11) is 4.36. The van der Waals surface area contributed by atoms with Gasteiger partial charge in [0.15, 0.2) is 0 Å². The lowest BCUT2D eigenvalue weighted by Crippen LogP contribution is -2.38. The number of benzene rings is 1. The first-order chi connectivity index (χ1) is 7.15. The molecule has 0 aliphatic heterocycles. The highest BCUT2D eigenvalue weighted by molar-refractivity contribution is 5.41. The lowest BCUT2D eigenvalue weighted by atomic mass is 9.87. The number of nitrogens with two attached hydrogens (primary N) is 1. The van der Waals surface area contributed by atoms with Crippen LogP contribution in [0.25, 0.3) is 0 Å². The van der Waals surface area contributed by atoms with Crippen LogP contribution in [0.2, 0.25) is 0 Å². The van der Waals surface area contributed by atoms with E-state index in [2.05, 4.69) is 31.1 Å². The Balaban J connectivity index is 2.36. The van der Waals surface area contributed by atoms with Crippen molar-refractivity contribution in [3.8, 4) is 0 Å². The van der Waals surface area contributed by atoms with E-state index >= 15 is 0 Å². The van der Waals surface area contributed by atoms with E-state index in [9.17, 15) is 0 Å². The number of rotatable bonds is 2. The lowest BCUT2D eigenvalue weighted by molar-refractivity contribution is 0.158. The standard InChI is InChI=1S/C13H20N2/c1-15(2)13(9-3-4-10-13)11-5-7-12(14)8-6-11/h5-8H,3-4,9-10,14H2,1-2H3. The molecule has 0 spiro atoms. The molecule has 2 rings (SSSR count). The molecule has 1 fully saturated rings. The third-order valence-electron chi connectivity index (χ3n) is 3.73. The predicted molar refractivity (Wildman–Crippen MR) is 64.7 cm³/mol. The molecule has 1 aliphatic carbocycles. The average molecular weight is 204 g/mol. The third kappa shape index (κ3) is 1.74. The summed E-state index contributed by atoms with van der Waals surface area (Å²) in [5, 5.41) is 0. The van der Waals surface area contributed by atoms with Crippen molar-refractivity contribution >= 4 is 5.69 Å². The molecule has 15 heavy (non-hydrogen) atoms. The molecule has 1 aromatic rings. The van der Waals surface area contributed by atoms with E-state index in [0.717, 1.165) is 5.69 Å². The molecule has 0 bridgehead atoms. The fraction of sp³-hybridized carbons (Fsp3) is 0.538. The first-order valence-corrected chi connectivity index (χ1v) is 5.69. The van der Waals surface area contributed by atoms with Crippen LogP contribution in [0.5, 0.6) is 0 Å². The minimum Gasteiger partial charge on any atom is -0.399 e. The fourth-order valence-corrected chi connectivity index (χ4v) is 2.75. The van der Waals surface area contributed by atoms with E-state index in [-0.39, 0.29) is 5.54 Å². The van der Waals surface area contributed by atoms with E-state index < -0.39 is 0 Å². The molecular formula is C13H20N2. The number of anilines is 1. The van der Waals surface area contributed by atoms with Crippen molar-refractivity contribution in [2.45, 2.75) is 31.2 Å². The van der Waals surface area contributed by atoms with Crippen molar-refractivity contribution in [2.24, 2.45) is 0 Å². The minimum atomic E-state index is 0.258. The quantitative estimate of drug-likeness (QED) is 0.750. The molecule has 0 amide bonds. The van der Waals surface area contributed by atoms with Crippen molar-refractivity contribution < 1.29 is 0 Å². The van der Waals surface area contributed by atoms with Crippen LogP contribution in [0.3, 0.4) is 0 Å². The molecule has 0 aromatic heterocycles. The van der Waals surface area contributed by atoms with E-state index in [0.29, 0.717) is 0 Å². The van der Waals surface area contributed by atoms with Crippen LogP contribution in [0.15, 0.2) is 24.3 Å². The average Bonchev–Trinajstić information content (AvgIpc) is 2.69. The van der Waals surface area contributed by atoms with Crippen LogP contribution in [0, 0.1) is 0 Å². The molecular weight excluding hydrogens is 184 g/mol. The van der Waals surface area contributed by atoms with Gasteiger partial charge in [0.1, 0.15) is 0 Å². The summed E-state index contributed by atoms with van der Waals surface area (Å²) in [5.74, 6) is 0. The molecule has 2 heteroatoms. The highest BCUT2D eigenvalue weighted by Crippen LogP contribution is 2.42. The van der Waals surface area contributed by atoms with Gasteiger partial charge in [0.2, 0.25) is 0 Å². The number of nitrogen functional groups attached to an aromatic ring is 1. The molecule has 0 saturated heterocycles. The van der Waals surface area contributed by atoms with Gasteiger partial charge in [-0.05, 0) is 44.6 Å². The van der Waals surface area contributed by atoms with Gasteiger partial charge in [-0.1, -0.05) is 25.0 Å². The molecule has 0 atom stereocenters. The van der Waals surface area contributed by atoms with Gasteiger partial charge in [-0.2, -0.15) is 0 Å². The monoisotopic (exact) mass is 204 g/mol. The maximum absolute atomic E-state index is 5.73. The summed E-state index contributed by atoms with van der Waals surface area (Å²) < 4.78 is 0. The van der Waals surface area contributed by atoms with Crippen molar-refractivity contribution in [3.63, 3.8) is 0 Å². The summed E-state index contributed by atoms with van der Waals surface area (Å²) in [6.45, 7) is 0. The van der Waals surface area contributed by atoms with Crippen LogP contribution in [-0.2, 0) is 5.54 Å². The van der Waals surface area contributed by atoms with Crippen molar-refractivity contribution in [1.29, 1.82) is 0 Å². The Morgan fingerprint density at radius 2 is 1.60 bits per heavy atom. The largest absolute Gasteiger partial charge is 0.399 e. The summed E-state index contributed by atoms with van der Waals surface area (Å²) in [4.78, 5) is 2.37. The van der Waals surface area contributed by atoms with Gasteiger partial charge in [-0.15, -0.1) is 0 Å². The molecule has 1 aromatic carbocycles. The zero-order chi connectivity index (χ0) is 10.9. The van der Waals surface area contributed by atoms with Crippen molar-refractivity contribution in [2.75, 3.05) is 19.8 Å². The maximum Gasteiger partial charge on any atom is 0.0454 e. The summed E-state index contributed by atoms with van der Waals surface area (Å²) >= 11 is 0. The third-order valence-corrected chi connectivity index (χ3v) is 3.73. The van der Waals surface area contributed by atoms with Gasteiger partial charge in [0.05, 0.1) is 0 Å². The minimum absolute atomic E-state index is 0.258. The lowest BCUT2D eigenvalue weighted by Gasteiger charge is -2.37. The Bertz CT molecular complexity index is 321. The highest BCUT2D eigenvalue weighted by Gasteiger charge is 2.37. The molecule has 2 nitrogen and oxygen atoms in total. The second kappa shape index (κ2) is 3.86. The zero-order valence-corrected chi connectivity index (χ0v) is 9.66. The summed E-state index contributed by atoms with van der Waals surface area (Å²) in [5.41, 5.74) is 8.26. The number of hydrogen-bond donors (Lipinski definition) is 1. The van der Waals surface area contributed by atoms with E-state index in [1.165, 1.54) is 31.2 Å². The first-order valence-electron chi connectivity index (χ1n) is 5.69. The van der Waals surface area contributed by atoms with Gasteiger partial charge in [0, 0.05) is 11.2 Å². The van der Waals surface area contributed by atoms with Gasteiger partial charge in [-0.3, -0.25) is 4.90 Å². The summed E-state index contributed by atoms with van der Waals surface area (Å²) in [6.07, 6.45) is 5.21. The van der Waals surface area contributed by atoms with Crippen LogP contribution >= 0.6 is 0 Å². The normalized spacial score (nSPS) is 19.7. The van der Waals surface area contributed by atoms with Gasteiger partial charge in [-0.25, -0.2) is 0 Å². The van der Waals surface area contributed by atoms with Crippen LogP contribution in [0.1, 0.15) is 31.2 Å². The molecule has 1 aliphatic rings. The smallest absolute Gasteiger partial charge is 0.0454 e. The summed E-state index contributed by atoms with van der Waals surface area (Å²) in [6, 6.07) is 8.39. The number of hydrogen-bond acceptors (Lipinski definition) is 2. The Morgan fingerprint density at radius 1 is 1.07 bits per heavy atom. The Kier molecular flexibility index (Phi) is 2.70. The van der Waals surface area contributed by atoms with Crippen LogP contribution in [-0.4, -0.2) is 19.0 Å². The van der Waals surface area contributed by atoms with Crippen molar-refractivity contribution in [3.05, 3.63) is 29.8 Å². The number of nitrogens with zero attached hydrogens (tertiary/aromatic N) is 1. The van der Waals surface area contributed by atoms with Gasteiger partial charge in [0.25, 0.3) is 0 Å². The van der Waals surface area contributed by atoms with E-state index in [4.69, 9.17) is 5.73 Å². The Hall–Kier alpha value is -1.02. The highest BCUT2D eigenvalue weighted by atomic mass is 15.1. The molecule has 0 radical (unpaired) electrons. The second-order valence-electron chi connectivity index (χ2n) is 4.76. The van der Waals surface area contributed by atoms with Gasteiger partial charge >= 0.3 is 0 Å². The van der Waals surface area contributed by atoms with Crippen LogP contribution < -0.4 is 5.73 Å². The second-order valence-corrected chi connectivity index (χ2v) is 4.76.